The van der Waals surface area contributed by atoms with Gasteiger partial charge in [-0.25, -0.2) is 5.48 Å². The van der Waals surface area contributed by atoms with Crippen molar-refractivity contribution in [3.8, 4) is 0 Å². The summed E-state index contributed by atoms with van der Waals surface area (Å²) in [5, 5.41) is 17.8. The lowest BCUT2D eigenvalue weighted by Gasteiger charge is -2.07. The molecule has 90 valence electrons. The predicted molar refractivity (Wildman–Crippen MR) is 68.5 cm³/mol. The van der Waals surface area contributed by atoms with Crippen LogP contribution in [-0.4, -0.2) is 23.5 Å². The van der Waals surface area contributed by atoms with Gasteiger partial charge in [-0.05, 0) is 41.2 Å². The van der Waals surface area contributed by atoms with Crippen LogP contribution in [0.3, 0.4) is 0 Å². The van der Waals surface area contributed by atoms with Gasteiger partial charge in [-0.3, -0.25) is 0 Å². The number of allylic oxidation sites excluding steroid dienone is 2. The lowest BCUT2D eigenvalue weighted by molar-refractivity contribution is 0.168. The van der Waals surface area contributed by atoms with E-state index in [1.807, 2.05) is 18.2 Å². The van der Waals surface area contributed by atoms with Crippen LogP contribution in [0.5, 0.6) is 0 Å². The van der Waals surface area contributed by atoms with Crippen LogP contribution in [0.4, 0.5) is 0 Å². The van der Waals surface area contributed by atoms with Crippen LogP contribution in [0.1, 0.15) is 24.5 Å². The molecule has 0 aliphatic heterocycles. The number of aliphatic hydroxyl groups excluding tert-OH is 1. The van der Waals surface area contributed by atoms with Gasteiger partial charge in [-0.2, -0.15) is 0 Å². The van der Waals surface area contributed by atoms with Crippen LogP contribution in [0.15, 0.2) is 35.9 Å². The number of fused-ring (bicyclic) bond motifs is 1. The van der Waals surface area contributed by atoms with Crippen molar-refractivity contribution in [1.29, 1.82) is 0 Å². The van der Waals surface area contributed by atoms with E-state index in [4.69, 9.17) is 10.3 Å². The second kappa shape index (κ2) is 5.27. The molecule has 0 spiro atoms. The van der Waals surface area contributed by atoms with E-state index in [1.54, 1.807) is 0 Å². The van der Waals surface area contributed by atoms with Gasteiger partial charge in [0.15, 0.2) is 0 Å². The Morgan fingerprint density at radius 1 is 1.24 bits per heavy atom. The lowest BCUT2D eigenvalue weighted by atomic mass is 10.0. The average Bonchev–Trinajstić information content (AvgIpc) is 2.62. The van der Waals surface area contributed by atoms with Crippen LogP contribution in [0.25, 0.3) is 11.1 Å². The van der Waals surface area contributed by atoms with Crippen LogP contribution in [-0.2, 0) is 0 Å². The summed E-state index contributed by atoms with van der Waals surface area (Å²) in [6.07, 6.45) is 2.59. The van der Waals surface area contributed by atoms with Crippen molar-refractivity contribution in [2.24, 2.45) is 0 Å². The third-order valence-corrected chi connectivity index (χ3v) is 3.18. The first-order valence-electron chi connectivity index (χ1n) is 5.77. The van der Waals surface area contributed by atoms with Crippen LogP contribution in [0.2, 0.25) is 0 Å². The fourth-order valence-electron chi connectivity index (χ4n) is 2.40. The topological polar surface area (TPSA) is 52.5 Å². The van der Waals surface area contributed by atoms with Crippen molar-refractivity contribution in [3.63, 3.8) is 0 Å². The summed E-state index contributed by atoms with van der Waals surface area (Å²) in [5.74, 6) is 0. The highest BCUT2D eigenvalue weighted by molar-refractivity contribution is 5.99. The Balaban J connectivity index is 2.44. The smallest absolute Gasteiger partial charge is 0.0621 e. The minimum absolute atomic E-state index is 0.0347. The Hall–Kier alpha value is -1.42. The van der Waals surface area contributed by atoms with Crippen molar-refractivity contribution in [2.75, 3.05) is 13.2 Å². The molecule has 0 amide bonds. The number of aliphatic hydroxyl groups is 1. The average molecular weight is 231 g/mol. The molecule has 0 fully saturated rings. The molecule has 1 aromatic rings. The van der Waals surface area contributed by atoms with Crippen LogP contribution in [0, 0.1) is 0 Å². The highest BCUT2D eigenvalue weighted by Gasteiger charge is 2.22. The molecule has 1 aliphatic rings. The summed E-state index contributed by atoms with van der Waals surface area (Å²) < 4.78 is 0. The zero-order valence-electron chi connectivity index (χ0n) is 9.90. The summed E-state index contributed by atoms with van der Waals surface area (Å²) in [4.78, 5) is 0. The first kappa shape index (κ1) is 12.0. The second-order valence-corrected chi connectivity index (χ2v) is 4.11. The molecule has 1 aliphatic carbocycles. The van der Waals surface area contributed by atoms with Gasteiger partial charge in [-0.1, -0.05) is 30.3 Å². The van der Waals surface area contributed by atoms with Gasteiger partial charge in [0.1, 0.15) is 0 Å². The monoisotopic (exact) mass is 231 g/mol. The van der Waals surface area contributed by atoms with Gasteiger partial charge < -0.3 is 10.3 Å². The summed E-state index contributed by atoms with van der Waals surface area (Å²) in [7, 11) is 0. The quantitative estimate of drug-likeness (QED) is 0.696. The Kier molecular flexibility index (Phi) is 3.74. The first-order valence-corrected chi connectivity index (χ1v) is 5.77. The number of hydroxylamine groups is 1. The second-order valence-electron chi connectivity index (χ2n) is 4.11. The molecule has 1 aromatic carbocycles. The van der Waals surface area contributed by atoms with Crippen molar-refractivity contribution < 1.29 is 10.3 Å². The minimum atomic E-state index is 0.0347. The molecule has 0 aromatic heterocycles. The van der Waals surface area contributed by atoms with E-state index in [1.165, 1.54) is 22.3 Å². The fourth-order valence-corrected chi connectivity index (χ4v) is 2.40. The largest absolute Gasteiger partial charge is 0.392 e. The van der Waals surface area contributed by atoms with E-state index < -0.39 is 0 Å². The molecule has 0 atom stereocenters. The van der Waals surface area contributed by atoms with E-state index >= 15 is 0 Å². The molecule has 0 heterocycles. The molecule has 0 radical (unpaired) electrons. The Bertz CT molecular complexity index is 475. The van der Waals surface area contributed by atoms with Crippen molar-refractivity contribution in [1.82, 2.24) is 5.48 Å². The van der Waals surface area contributed by atoms with Gasteiger partial charge >= 0.3 is 0 Å². The number of rotatable bonds is 4. The zero-order chi connectivity index (χ0) is 12.3. The fraction of sp³-hybridized carbons (Fsp3) is 0.286. The van der Waals surface area contributed by atoms with E-state index in [-0.39, 0.29) is 6.61 Å². The SMILES string of the molecule is CC1=C(CCNO)/C(=C\CO)c2ccccc21. The third kappa shape index (κ3) is 2.17. The van der Waals surface area contributed by atoms with Crippen LogP contribution >= 0.6 is 0 Å². The molecule has 3 nitrogen and oxygen atoms in total. The maximum absolute atomic E-state index is 9.12. The molecule has 17 heavy (non-hydrogen) atoms. The van der Waals surface area contributed by atoms with Gasteiger partial charge in [0.05, 0.1) is 6.61 Å². The lowest BCUT2D eigenvalue weighted by Crippen LogP contribution is -2.09. The van der Waals surface area contributed by atoms with E-state index in [9.17, 15) is 0 Å². The highest BCUT2D eigenvalue weighted by Crippen LogP contribution is 2.42. The zero-order valence-corrected chi connectivity index (χ0v) is 9.90. The maximum atomic E-state index is 9.12. The van der Waals surface area contributed by atoms with Crippen molar-refractivity contribution >= 4 is 11.1 Å². The first-order chi connectivity index (χ1) is 8.29. The molecule has 0 saturated carbocycles. The Labute approximate surface area is 101 Å². The third-order valence-electron chi connectivity index (χ3n) is 3.18. The molecule has 0 saturated heterocycles. The predicted octanol–water partition coefficient (Wildman–Crippen LogP) is 2.22. The molecule has 0 unspecified atom stereocenters. The minimum Gasteiger partial charge on any atom is -0.392 e. The number of nitrogens with one attached hydrogen (secondary N) is 1. The number of hydrogen-bond acceptors (Lipinski definition) is 3. The van der Waals surface area contributed by atoms with E-state index in [2.05, 4.69) is 24.5 Å². The standard InChI is InChI=1S/C14H17NO2/c1-10-11-4-2-3-5-13(11)14(7-9-16)12(10)6-8-15-17/h2-5,7,15-17H,6,8-9H2,1H3/b14-7+. The molecule has 0 bridgehead atoms. The summed E-state index contributed by atoms with van der Waals surface area (Å²) in [6, 6.07) is 8.19. The Morgan fingerprint density at radius 2 is 1.94 bits per heavy atom. The highest BCUT2D eigenvalue weighted by atomic mass is 16.5. The summed E-state index contributed by atoms with van der Waals surface area (Å²) >= 11 is 0. The molecule has 3 heteroatoms. The van der Waals surface area contributed by atoms with Crippen molar-refractivity contribution in [3.05, 3.63) is 47.0 Å². The summed E-state index contributed by atoms with van der Waals surface area (Å²) in [5.41, 5.74) is 8.10. The van der Waals surface area contributed by atoms with Gasteiger partial charge in [-0.15, -0.1) is 0 Å². The summed E-state index contributed by atoms with van der Waals surface area (Å²) in [6.45, 7) is 2.64. The maximum Gasteiger partial charge on any atom is 0.0621 e. The van der Waals surface area contributed by atoms with Gasteiger partial charge in [0.2, 0.25) is 0 Å². The molecular formula is C14H17NO2. The normalized spacial score (nSPS) is 16.8. The number of benzene rings is 1. The van der Waals surface area contributed by atoms with E-state index in [0.717, 1.165) is 12.0 Å². The van der Waals surface area contributed by atoms with Gasteiger partial charge in [0.25, 0.3) is 0 Å². The van der Waals surface area contributed by atoms with Crippen molar-refractivity contribution in [2.45, 2.75) is 13.3 Å². The van der Waals surface area contributed by atoms with E-state index in [0.29, 0.717) is 6.54 Å². The Morgan fingerprint density at radius 3 is 2.59 bits per heavy atom. The van der Waals surface area contributed by atoms with Crippen LogP contribution < -0.4 is 5.48 Å². The molecule has 3 N–H and O–H groups in total. The van der Waals surface area contributed by atoms with Gasteiger partial charge in [0, 0.05) is 6.54 Å². The molecular weight excluding hydrogens is 214 g/mol. The molecule has 2 rings (SSSR count). The number of hydrogen-bond donors (Lipinski definition) is 3.